The Hall–Kier alpha value is -3.98. The SMILES string of the molecule is CCOC(=O)[C@@]1(Cc2ccc(OCc3cc(C)nc4ccccc34)cc2)CC1C(=O)N[C@@H](CO)C(=O)OC. The fourth-order valence-electron chi connectivity index (χ4n) is 4.75. The zero-order valence-electron chi connectivity index (χ0n) is 21.7. The molecule has 1 aromatic heterocycles. The van der Waals surface area contributed by atoms with E-state index >= 15 is 0 Å². The van der Waals surface area contributed by atoms with Crippen molar-refractivity contribution in [2.75, 3.05) is 20.3 Å². The molecule has 1 unspecified atom stereocenters. The zero-order chi connectivity index (χ0) is 27.3. The van der Waals surface area contributed by atoms with Gasteiger partial charge in [0.25, 0.3) is 0 Å². The van der Waals surface area contributed by atoms with E-state index in [0.29, 0.717) is 18.8 Å². The van der Waals surface area contributed by atoms with Crippen LogP contribution in [0.15, 0.2) is 54.6 Å². The number of esters is 2. The first-order valence-electron chi connectivity index (χ1n) is 12.5. The molecule has 1 aliphatic carbocycles. The second kappa shape index (κ2) is 11.6. The highest BCUT2D eigenvalue weighted by Crippen LogP contribution is 2.56. The molecular formula is C29H32N2O7. The van der Waals surface area contributed by atoms with Crippen LogP contribution in [0.4, 0.5) is 0 Å². The van der Waals surface area contributed by atoms with Crippen molar-refractivity contribution in [1.82, 2.24) is 10.3 Å². The number of fused-ring (bicyclic) bond motifs is 1. The van der Waals surface area contributed by atoms with Gasteiger partial charge in [0.1, 0.15) is 12.4 Å². The highest BCUT2D eigenvalue weighted by Gasteiger charge is 2.64. The van der Waals surface area contributed by atoms with Crippen molar-refractivity contribution >= 4 is 28.7 Å². The Morgan fingerprint density at radius 2 is 1.89 bits per heavy atom. The molecule has 9 nitrogen and oxygen atoms in total. The molecule has 3 atom stereocenters. The van der Waals surface area contributed by atoms with Gasteiger partial charge in [-0.3, -0.25) is 14.6 Å². The van der Waals surface area contributed by atoms with E-state index in [4.69, 9.17) is 9.47 Å². The Bertz CT molecular complexity index is 1320. The van der Waals surface area contributed by atoms with Crippen LogP contribution in [0.25, 0.3) is 10.9 Å². The van der Waals surface area contributed by atoms with E-state index in [1.165, 1.54) is 7.11 Å². The second-order valence-corrected chi connectivity index (χ2v) is 9.45. The lowest BCUT2D eigenvalue weighted by molar-refractivity contribution is -0.151. The van der Waals surface area contributed by atoms with Gasteiger partial charge >= 0.3 is 11.9 Å². The third-order valence-electron chi connectivity index (χ3n) is 6.83. The minimum Gasteiger partial charge on any atom is -0.489 e. The average Bonchev–Trinajstić information content (AvgIpc) is 3.66. The quantitative estimate of drug-likeness (QED) is 0.370. The standard InChI is InChI=1S/C29H32N2O7/c1-4-37-28(35)29(15-23(29)26(33)31-25(16-32)27(34)36-3)14-19-9-11-21(12-10-19)38-17-20-13-18(2)30-24-8-6-5-7-22(20)24/h5-13,23,25,32H,4,14-17H2,1-3H3,(H,31,33)/t23?,25-,29-/m0/s1. The maximum atomic E-state index is 12.9. The molecule has 1 fully saturated rings. The van der Waals surface area contributed by atoms with Gasteiger partial charge in [-0.15, -0.1) is 0 Å². The molecular weight excluding hydrogens is 488 g/mol. The van der Waals surface area contributed by atoms with Crippen LogP contribution in [0.5, 0.6) is 5.75 Å². The summed E-state index contributed by atoms with van der Waals surface area (Å²) in [5.74, 6) is -1.72. The summed E-state index contributed by atoms with van der Waals surface area (Å²) >= 11 is 0. The van der Waals surface area contributed by atoms with Crippen LogP contribution in [0.2, 0.25) is 0 Å². The molecule has 200 valence electrons. The monoisotopic (exact) mass is 520 g/mol. The number of pyridine rings is 1. The summed E-state index contributed by atoms with van der Waals surface area (Å²) in [5.41, 5.74) is 2.69. The Kier molecular flexibility index (Phi) is 8.26. The largest absolute Gasteiger partial charge is 0.489 e. The molecule has 1 aliphatic rings. The molecule has 0 bridgehead atoms. The molecule has 9 heteroatoms. The molecule has 0 saturated heterocycles. The fraction of sp³-hybridized carbons (Fsp3) is 0.379. The van der Waals surface area contributed by atoms with Crippen molar-refractivity contribution in [1.29, 1.82) is 0 Å². The number of carbonyl (C=O) groups excluding carboxylic acids is 3. The minimum absolute atomic E-state index is 0.187. The number of nitrogens with zero attached hydrogens (tertiary/aromatic N) is 1. The van der Waals surface area contributed by atoms with E-state index in [0.717, 1.165) is 27.7 Å². The summed E-state index contributed by atoms with van der Waals surface area (Å²) in [4.78, 5) is 42.0. The number of ether oxygens (including phenoxy) is 3. The maximum absolute atomic E-state index is 12.9. The van der Waals surface area contributed by atoms with Crippen molar-refractivity contribution < 1.29 is 33.7 Å². The molecule has 0 radical (unpaired) electrons. The van der Waals surface area contributed by atoms with E-state index in [9.17, 15) is 19.5 Å². The van der Waals surface area contributed by atoms with Gasteiger partial charge in [-0.05, 0) is 56.5 Å². The molecule has 1 saturated carbocycles. The summed E-state index contributed by atoms with van der Waals surface area (Å²) in [6, 6.07) is 16.2. The van der Waals surface area contributed by atoms with E-state index in [1.54, 1.807) is 6.92 Å². The Morgan fingerprint density at radius 1 is 1.16 bits per heavy atom. The highest BCUT2D eigenvalue weighted by atomic mass is 16.5. The van der Waals surface area contributed by atoms with Crippen molar-refractivity contribution in [3.63, 3.8) is 0 Å². The summed E-state index contributed by atoms with van der Waals surface area (Å²) in [7, 11) is 1.17. The molecule has 4 rings (SSSR count). The van der Waals surface area contributed by atoms with Gasteiger partial charge < -0.3 is 24.6 Å². The van der Waals surface area contributed by atoms with Crippen LogP contribution in [0, 0.1) is 18.3 Å². The predicted molar refractivity (Wildman–Crippen MR) is 139 cm³/mol. The van der Waals surface area contributed by atoms with Gasteiger partial charge in [0.05, 0.1) is 37.2 Å². The third-order valence-corrected chi connectivity index (χ3v) is 6.83. The average molecular weight is 521 g/mol. The van der Waals surface area contributed by atoms with E-state index in [1.807, 2.05) is 61.5 Å². The van der Waals surface area contributed by atoms with Crippen molar-refractivity contribution in [2.45, 2.75) is 39.3 Å². The third kappa shape index (κ3) is 5.78. The molecule has 2 N–H and O–H groups in total. The van der Waals surface area contributed by atoms with Crippen LogP contribution >= 0.6 is 0 Å². The van der Waals surface area contributed by atoms with Gasteiger partial charge in [-0.1, -0.05) is 30.3 Å². The topological polar surface area (TPSA) is 124 Å². The lowest BCUT2D eigenvalue weighted by Crippen LogP contribution is -2.45. The van der Waals surface area contributed by atoms with Crippen molar-refractivity contribution in [2.24, 2.45) is 11.3 Å². The molecule has 1 heterocycles. The van der Waals surface area contributed by atoms with Crippen LogP contribution < -0.4 is 10.1 Å². The number of carbonyl (C=O) groups is 3. The number of aliphatic hydroxyl groups excluding tert-OH is 1. The van der Waals surface area contributed by atoms with Crippen LogP contribution in [-0.4, -0.2) is 54.3 Å². The fourth-order valence-corrected chi connectivity index (χ4v) is 4.75. The first-order chi connectivity index (χ1) is 18.3. The first-order valence-corrected chi connectivity index (χ1v) is 12.5. The van der Waals surface area contributed by atoms with Crippen molar-refractivity contribution in [3.8, 4) is 5.75 Å². The van der Waals surface area contributed by atoms with E-state index in [-0.39, 0.29) is 13.0 Å². The Labute approximate surface area is 221 Å². The number of aromatic nitrogens is 1. The smallest absolute Gasteiger partial charge is 0.330 e. The molecule has 0 spiro atoms. The molecule has 38 heavy (non-hydrogen) atoms. The van der Waals surface area contributed by atoms with E-state index in [2.05, 4.69) is 15.0 Å². The molecule has 0 aliphatic heterocycles. The van der Waals surface area contributed by atoms with Gasteiger partial charge in [0.15, 0.2) is 6.04 Å². The normalized spacial score (nSPS) is 18.9. The van der Waals surface area contributed by atoms with Crippen LogP contribution in [-0.2, 0) is 36.9 Å². The molecule has 1 amide bonds. The zero-order valence-corrected chi connectivity index (χ0v) is 21.7. The Morgan fingerprint density at radius 3 is 2.58 bits per heavy atom. The highest BCUT2D eigenvalue weighted by molar-refractivity contribution is 5.95. The number of aryl methyl sites for hydroxylation is 1. The second-order valence-electron chi connectivity index (χ2n) is 9.45. The summed E-state index contributed by atoms with van der Waals surface area (Å²) in [6.07, 6.45) is 0.574. The summed E-state index contributed by atoms with van der Waals surface area (Å²) in [6.45, 7) is 3.63. The predicted octanol–water partition coefficient (Wildman–Crippen LogP) is 2.88. The van der Waals surface area contributed by atoms with Gasteiger partial charge in [0, 0.05) is 16.6 Å². The molecule has 3 aromatic rings. The molecule has 2 aromatic carbocycles. The first kappa shape index (κ1) is 27.1. The number of para-hydroxylation sites is 1. The number of hydrogen-bond donors (Lipinski definition) is 2. The number of nitrogens with one attached hydrogen (secondary N) is 1. The number of methoxy groups -OCH3 is 1. The lowest BCUT2D eigenvalue weighted by Gasteiger charge is -2.18. The summed E-state index contributed by atoms with van der Waals surface area (Å²) in [5, 5.41) is 12.9. The number of hydrogen-bond acceptors (Lipinski definition) is 8. The number of rotatable bonds is 11. The van der Waals surface area contributed by atoms with Crippen molar-refractivity contribution in [3.05, 3.63) is 71.4 Å². The van der Waals surface area contributed by atoms with Gasteiger partial charge in [-0.2, -0.15) is 0 Å². The Balaban J connectivity index is 1.44. The maximum Gasteiger partial charge on any atom is 0.330 e. The van der Waals surface area contributed by atoms with Crippen LogP contribution in [0.3, 0.4) is 0 Å². The lowest BCUT2D eigenvalue weighted by atomic mass is 9.93. The summed E-state index contributed by atoms with van der Waals surface area (Å²) < 4.78 is 15.9. The number of amides is 1. The number of benzene rings is 2. The van der Waals surface area contributed by atoms with Gasteiger partial charge in [0.2, 0.25) is 5.91 Å². The van der Waals surface area contributed by atoms with Gasteiger partial charge in [-0.25, -0.2) is 4.79 Å². The van der Waals surface area contributed by atoms with Crippen LogP contribution in [0.1, 0.15) is 30.2 Å². The van der Waals surface area contributed by atoms with E-state index < -0.39 is 41.8 Å². The minimum atomic E-state index is -1.19. The number of aliphatic hydroxyl groups is 1.